The molecule has 0 spiro atoms. The van der Waals surface area contributed by atoms with Crippen LogP contribution in [0, 0.1) is 11.3 Å². The summed E-state index contributed by atoms with van der Waals surface area (Å²) in [5, 5.41) is 3.78. The summed E-state index contributed by atoms with van der Waals surface area (Å²) in [6.45, 7) is 4.41. The Bertz CT molecular complexity index is 937. The first-order chi connectivity index (χ1) is 17.8. The molecule has 206 valence electrons. The standard InChI is InChI=1S/C26H37F3N4O4/c1-35-22-17-37-13-5-21(22)31-20-2-6-25(15-20,19-4-12-36-16-19)24(34)33-10-8-32(9-11-33)23-14-18(3-7-30-23)26(27,28)29/h3,7,14,19-22,31H,2,4-6,8-13,15-17H2,1H3/t19-,20-,21-,22?,25?/m1/s1. The van der Waals surface area contributed by atoms with Gasteiger partial charge in [-0.25, -0.2) is 4.98 Å². The van der Waals surface area contributed by atoms with Crippen LogP contribution in [0.4, 0.5) is 19.0 Å². The van der Waals surface area contributed by atoms with Crippen molar-refractivity contribution in [3.63, 3.8) is 0 Å². The van der Waals surface area contributed by atoms with Gasteiger partial charge in [0.15, 0.2) is 0 Å². The molecule has 0 radical (unpaired) electrons. The maximum Gasteiger partial charge on any atom is 0.416 e. The van der Waals surface area contributed by atoms with Gasteiger partial charge in [-0.05, 0) is 50.2 Å². The first-order valence-electron chi connectivity index (χ1n) is 13.3. The molecule has 3 aliphatic heterocycles. The van der Waals surface area contributed by atoms with E-state index in [0.29, 0.717) is 58.4 Å². The van der Waals surface area contributed by atoms with E-state index in [2.05, 4.69) is 10.3 Å². The number of piperazine rings is 1. The Kier molecular flexibility index (Phi) is 7.95. The number of nitrogens with one attached hydrogen (secondary N) is 1. The van der Waals surface area contributed by atoms with Crippen molar-refractivity contribution >= 4 is 11.7 Å². The van der Waals surface area contributed by atoms with Crippen molar-refractivity contribution in [2.24, 2.45) is 11.3 Å². The lowest BCUT2D eigenvalue weighted by atomic mass is 9.72. The lowest BCUT2D eigenvalue weighted by Crippen LogP contribution is -2.55. The van der Waals surface area contributed by atoms with Gasteiger partial charge in [0.1, 0.15) is 5.82 Å². The number of aromatic nitrogens is 1. The molecule has 4 heterocycles. The third kappa shape index (κ3) is 5.60. The number of carbonyl (C=O) groups excluding carboxylic acids is 1. The Morgan fingerprint density at radius 2 is 1.89 bits per heavy atom. The van der Waals surface area contributed by atoms with Crippen LogP contribution in [0.15, 0.2) is 18.3 Å². The van der Waals surface area contributed by atoms with E-state index in [1.165, 1.54) is 6.20 Å². The normalized spacial score (nSPS) is 33.2. The number of rotatable bonds is 6. The average molecular weight is 527 g/mol. The van der Waals surface area contributed by atoms with Gasteiger partial charge >= 0.3 is 6.18 Å². The van der Waals surface area contributed by atoms with E-state index in [0.717, 1.165) is 44.2 Å². The second-order valence-corrected chi connectivity index (χ2v) is 10.7. The summed E-state index contributed by atoms with van der Waals surface area (Å²) in [4.78, 5) is 22.0. The Morgan fingerprint density at radius 1 is 1.14 bits per heavy atom. The van der Waals surface area contributed by atoms with Crippen LogP contribution in [-0.2, 0) is 25.2 Å². The summed E-state index contributed by atoms with van der Waals surface area (Å²) in [6.07, 6.45) is 1.06. The second kappa shape index (κ2) is 11.0. The highest BCUT2D eigenvalue weighted by Gasteiger charge is 2.53. The van der Waals surface area contributed by atoms with Gasteiger partial charge in [0.05, 0.1) is 30.3 Å². The molecule has 4 fully saturated rings. The van der Waals surface area contributed by atoms with Gasteiger partial charge in [0.2, 0.25) is 5.91 Å². The molecule has 1 saturated carbocycles. The molecular weight excluding hydrogens is 489 g/mol. The minimum atomic E-state index is -4.41. The van der Waals surface area contributed by atoms with Gasteiger partial charge in [0, 0.05) is 64.8 Å². The second-order valence-electron chi connectivity index (χ2n) is 10.7. The van der Waals surface area contributed by atoms with Gasteiger partial charge in [-0.1, -0.05) is 0 Å². The fourth-order valence-corrected chi connectivity index (χ4v) is 6.59. The van der Waals surface area contributed by atoms with E-state index in [4.69, 9.17) is 14.2 Å². The maximum atomic E-state index is 14.1. The van der Waals surface area contributed by atoms with Crippen LogP contribution < -0.4 is 10.2 Å². The minimum absolute atomic E-state index is 0.00630. The van der Waals surface area contributed by atoms with E-state index in [-0.39, 0.29) is 30.0 Å². The first-order valence-corrected chi connectivity index (χ1v) is 13.3. The van der Waals surface area contributed by atoms with Gasteiger partial charge < -0.3 is 29.3 Å². The smallest absolute Gasteiger partial charge is 0.381 e. The molecule has 4 aliphatic rings. The fraction of sp³-hybridized carbons (Fsp3) is 0.769. The van der Waals surface area contributed by atoms with E-state index < -0.39 is 17.2 Å². The molecule has 0 aromatic carbocycles. The predicted octanol–water partition coefficient (Wildman–Crippen LogP) is 2.72. The summed E-state index contributed by atoms with van der Waals surface area (Å²) in [5.74, 6) is 0.650. The zero-order valence-electron chi connectivity index (χ0n) is 21.3. The van der Waals surface area contributed by atoms with Crippen LogP contribution >= 0.6 is 0 Å². The van der Waals surface area contributed by atoms with Crippen LogP contribution in [0.5, 0.6) is 0 Å². The van der Waals surface area contributed by atoms with E-state index >= 15 is 0 Å². The molecule has 1 N–H and O–H groups in total. The number of alkyl halides is 3. The molecular formula is C26H37F3N4O4. The highest BCUT2D eigenvalue weighted by molar-refractivity contribution is 5.84. The average Bonchev–Trinajstić information content (AvgIpc) is 3.60. The Labute approximate surface area is 215 Å². The number of halogens is 3. The number of amides is 1. The quantitative estimate of drug-likeness (QED) is 0.611. The molecule has 1 amide bonds. The molecule has 8 nitrogen and oxygen atoms in total. The molecule has 0 bridgehead atoms. The topological polar surface area (TPSA) is 76.2 Å². The Hall–Kier alpha value is -1.95. The fourth-order valence-electron chi connectivity index (χ4n) is 6.59. The number of methoxy groups -OCH3 is 1. The summed E-state index contributed by atoms with van der Waals surface area (Å²) in [7, 11) is 1.71. The lowest BCUT2D eigenvalue weighted by Gasteiger charge is -2.42. The minimum Gasteiger partial charge on any atom is -0.381 e. The maximum absolute atomic E-state index is 14.1. The lowest BCUT2D eigenvalue weighted by molar-refractivity contribution is -0.146. The Balaban J connectivity index is 1.25. The van der Waals surface area contributed by atoms with Gasteiger partial charge in [-0.15, -0.1) is 0 Å². The molecule has 2 unspecified atom stereocenters. The van der Waals surface area contributed by atoms with Gasteiger partial charge in [0.25, 0.3) is 0 Å². The molecule has 3 saturated heterocycles. The van der Waals surface area contributed by atoms with E-state index in [1.807, 2.05) is 9.80 Å². The summed E-state index contributed by atoms with van der Waals surface area (Å²) in [5.41, 5.74) is -1.18. The number of hydrogen-bond acceptors (Lipinski definition) is 7. The van der Waals surface area contributed by atoms with Gasteiger partial charge in [-0.2, -0.15) is 13.2 Å². The van der Waals surface area contributed by atoms with Crippen molar-refractivity contribution in [3.8, 4) is 0 Å². The summed E-state index contributed by atoms with van der Waals surface area (Å²) in [6, 6.07) is 2.50. The summed E-state index contributed by atoms with van der Waals surface area (Å²) >= 11 is 0. The first kappa shape index (κ1) is 26.6. The van der Waals surface area contributed by atoms with Crippen molar-refractivity contribution in [2.45, 2.75) is 56.5 Å². The Morgan fingerprint density at radius 3 is 2.59 bits per heavy atom. The molecule has 37 heavy (non-hydrogen) atoms. The van der Waals surface area contributed by atoms with Crippen LogP contribution in [0.1, 0.15) is 37.7 Å². The highest BCUT2D eigenvalue weighted by Crippen LogP contribution is 2.49. The van der Waals surface area contributed by atoms with Crippen molar-refractivity contribution < 1.29 is 32.2 Å². The van der Waals surface area contributed by atoms with Gasteiger partial charge in [-0.3, -0.25) is 4.79 Å². The zero-order chi connectivity index (χ0) is 26.0. The van der Waals surface area contributed by atoms with Crippen LogP contribution in [-0.4, -0.2) is 93.7 Å². The zero-order valence-corrected chi connectivity index (χ0v) is 21.3. The van der Waals surface area contributed by atoms with Crippen LogP contribution in [0.25, 0.3) is 0 Å². The summed E-state index contributed by atoms with van der Waals surface area (Å²) < 4.78 is 56.4. The number of hydrogen-bond donors (Lipinski definition) is 1. The van der Waals surface area contributed by atoms with Crippen molar-refractivity contribution in [2.75, 3.05) is 64.6 Å². The predicted molar refractivity (Wildman–Crippen MR) is 130 cm³/mol. The van der Waals surface area contributed by atoms with Crippen LogP contribution in [0.3, 0.4) is 0 Å². The molecule has 5 atom stereocenters. The number of pyridine rings is 1. The highest BCUT2D eigenvalue weighted by atomic mass is 19.4. The SMILES string of the molecule is COC1COCC[C@H]1N[C@@H]1CCC(C(=O)N2CCN(c3cc(C(F)(F)F)ccn3)CC2)([C@@H]2CCOC2)C1. The molecule has 1 aromatic heterocycles. The third-order valence-corrected chi connectivity index (χ3v) is 8.71. The monoisotopic (exact) mass is 526 g/mol. The van der Waals surface area contributed by atoms with Crippen molar-refractivity contribution in [1.29, 1.82) is 0 Å². The van der Waals surface area contributed by atoms with Crippen molar-refractivity contribution in [3.05, 3.63) is 23.9 Å². The van der Waals surface area contributed by atoms with Crippen molar-refractivity contribution in [1.82, 2.24) is 15.2 Å². The van der Waals surface area contributed by atoms with E-state index in [9.17, 15) is 18.0 Å². The number of nitrogens with zero attached hydrogens (tertiary/aromatic N) is 3. The van der Waals surface area contributed by atoms with Crippen LogP contribution in [0.2, 0.25) is 0 Å². The molecule has 1 aromatic rings. The largest absolute Gasteiger partial charge is 0.416 e. The third-order valence-electron chi connectivity index (χ3n) is 8.71. The molecule has 1 aliphatic carbocycles. The number of carbonyl (C=O) groups is 1. The molecule has 5 rings (SSSR count). The van der Waals surface area contributed by atoms with E-state index in [1.54, 1.807) is 7.11 Å². The number of ether oxygens (including phenoxy) is 3. The number of anilines is 1. The molecule has 11 heteroatoms.